The molecule has 0 bridgehead atoms. The monoisotopic (exact) mass is 356 g/mol. The zero-order valence-corrected chi connectivity index (χ0v) is 16.7. The number of hydrogen-bond donors (Lipinski definition) is 0. The molecule has 128 valence electrons. The lowest BCUT2D eigenvalue weighted by Gasteiger charge is -2.19. The van der Waals surface area contributed by atoms with Gasteiger partial charge < -0.3 is 0 Å². The van der Waals surface area contributed by atoms with Gasteiger partial charge in [0.15, 0.2) is 0 Å². The van der Waals surface area contributed by atoms with Crippen molar-refractivity contribution in [1.29, 1.82) is 0 Å². The second-order valence-corrected chi connectivity index (χ2v) is 8.26. The second-order valence-electron chi connectivity index (χ2n) is 6.78. The summed E-state index contributed by atoms with van der Waals surface area (Å²) in [5, 5.41) is 0. The van der Waals surface area contributed by atoms with Crippen molar-refractivity contribution in [2.75, 3.05) is 6.16 Å². The van der Waals surface area contributed by atoms with Crippen molar-refractivity contribution in [3.63, 3.8) is 0 Å². The fourth-order valence-corrected chi connectivity index (χ4v) is 3.92. The Morgan fingerprint density at radius 1 is 0.708 bits per heavy atom. The van der Waals surface area contributed by atoms with Crippen LogP contribution in [0.15, 0.2) is 48.5 Å². The van der Waals surface area contributed by atoms with Gasteiger partial charge in [0.1, 0.15) is 0 Å². The number of rotatable bonds is 10. The van der Waals surface area contributed by atoms with Crippen LogP contribution in [0.5, 0.6) is 0 Å². The maximum Gasteiger partial charge on any atom is 0.00893 e. The largest absolute Gasteiger partial charge is 0.0590 e. The number of aryl methyl sites for hydroxylation is 2. The quantitative estimate of drug-likeness (QED) is 0.321. The summed E-state index contributed by atoms with van der Waals surface area (Å²) in [6.45, 7) is 4.32. The van der Waals surface area contributed by atoms with E-state index in [4.69, 9.17) is 11.8 Å². The molecule has 0 amide bonds. The second kappa shape index (κ2) is 10.7. The van der Waals surface area contributed by atoms with Crippen LogP contribution in [0.1, 0.15) is 66.7 Å². The van der Waals surface area contributed by atoms with Gasteiger partial charge in [-0.1, -0.05) is 97.1 Å². The molecule has 2 heteroatoms. The van der Waals surface area contributed by atoms with Gasteiger partial charge in [0.25, 0.3) is 0 Å². The first kappa shape index (κ1) is 19.3. The van der Waals surface area contributed by atoms with Crippen LogP contribution < -0.4 is 0 Å². The van der Waals surface area contributed by atoms with Crippen molar-refractivity contribution in [2.24, 2.45) is 0 Å². The van der Waals surface area contributed by atoms with Gasteiger partial charge in [-0.2, -0.15) is 0 Å². The van der Waals surface area contributed by atoms with Crippen LogP contribution in [0, 0.1) is 13.8 Å². The average molecular weight is 357 g/mol. The molecular formula is C22H29PS. The predicted molar refractivity (Wildman–Crippen MR) is 111 cm³/mol. The summed E-state index contributed by atoms with van der Waals surface area (Å²) in [6.07, 6.45) is 9.05. The minimum atomic E-state index is 0.525. The highest BCUT2D eigenvalue weighted by molar-refractivity contribution is 7.96. The average Bonchev–Trinajstić information content (AvgIpc) is 2.60. The lowest BCUT2D eigenvalue weighted by molar-refractivity contribution is 0.581. The maximum atomic E-state index is 4.99. The molecule has 2 aromatic rings. The van der Waals surface area contributed by atoms with Crippen LogP contribution in [0.2, 0.25) is 0 Å². The van der Waals surface area contributed by atoms with Gasteiger partial charge in [0, 0.05) is 5.92 Å². The molecule has 0 unspecified atom stereocenters. The highest BCUT2D eigenvalue weighted by Crippen LogP contribution is 2.30. The van der Waals surface area contributed by atoms with E-state index >= 15 is 0 Å². The van der Waals surface area contributed by atoms with E-state index in [1.807, 2.05) is 0 Å². The SMILES string of the molecule is Cc1ccc(C(CCCCCCCP=S)c2ccc(C)cc2)cc1. The smallest absolute Gasteiger partial charge is 0.00893 e. The van der Waals surface area contributed by atoms with E-state index in [1.54, 1.807) is 0 Å². The van der Waals surface area contributed by atoms with Crippen molar-refractivity contribution in [3.05, 3.63) is 70.8 Å². The van der Waals surface area contributed by atoms with Crippen molar-refractivity contribution < 1.29 is 0 Å². The molecule has 0 radical (unpaired) electrons. The molecule has 0 fully saturated rings. The van der Waals surface area contributed by atoms with Crippen molar-refractivity contribution in [2.45, 2.75) is 58.3 Å². The number of hydrogen-bond acceptors (Lipinski definition) is 1. The number of unbranched alkanes of at least 4 members (excludes halogenated alkanes) is 4. The Hall–Kier alpha value is -1.04. The van der Waals surface area contributed by atoms with Gasteiger partial charge in [-0.3, -0.25) is 0 Å². The molecule has 2 aromatic carbocycles. The van der Waals surface area contributed by atoms with Crippen molar-refractivity contribution >= 4 is 19.2 Å². The topological polar surface area (TPSA) is 0 Å². The van der Waals surface area contributed by atoms with E-state index in [1.165, 1.54) is 66.9 Å². The van der Waals surface area contributed by atoms with Gasteiger partial charge in [-0.25, -0.2) is 0 Å². The zero-order chi connectivity index (χ0) is 17.2. The summed E-state index contributed by atoms with van der Waals surface area (Å²) in [4.78, 5) is 0. The molecule has 0 saturated heterocycles. The van der Waals surface area contributed by atoms with Crippen LogP contribution >= 0.6 is 7.36 Å². The van der Waals surface area contributed by atoms with Gasteiger partial charge in [-0.15, -0.1) is 0 Å². The number of benzene rings is 2. The van der Waals surface area contributed by atoms with E-state index < -0.39 is 0 Å². The molecule has 0 nitrogen and oxygen atoms in total. The molecule has 0 N–H and O–H groups in total. The standard InChI is InChI=1S/C22H29PS/c1-18-9-13-20(14-10-18)22(21-15-11-19(2)12-16-21)8-6-4-3-5-7-17-23-24/h9-16,22H,3-8,17H2,1-2H3. The zero-order valence-electron chi connectivity index (χ0n) is 15.0. The summed E-state index contributed by atoms with van der Waals surface area (Å²) in [6, 6.07) is 18.2. The normalized spacial score (nSPS) is 11.3. The molecule has 0 aromatic heterocycles. The van der Waals surface area contributed by atoms with Crippen LogP contribution in [0.3, 0.4) is 0 Å². The molecule has 0 atom stereocenters. The van der Waals surface area contributed by atoms with E-state index in [0.29, 0.717) is 5.92 Å². The Kier molecular flexibility index (Phi) is 8.64. The van der Waals surface area contributed by atoms with Gasteiger partial charge in [-0.05, 0) is 51.3 Å². The van der Waals surface area contributed by atoms with Crippen LogP contribution in [-0.2, 0) is 11.8 Å². The molecule has 24 heavy (non-hydrogen) atoms. The van der Waals surface area contributed by atoms with Crippen LogP contribution in [0.25, 0.3) is 0 Å². The van der Waals surface area contributed by atoms with E-state index in [-0.39, 0.29) is 0 Å². The Morgan fingerprint density at radius 2 is 1.17 bits per heavy atom. The Bertz CT molecular complexity index is 555. The Morgan fingerprint density at radius 3 is 1.67 bits per heavy atom. The Balaban J connectivity index is 1.97. The van der Waals surface area contributed by atoms with Gasteiger partial charge in [0.05, 0.1) is 0 Å². The lowest BCUT2D eigenvalue weighted by Crippen LogP contribution is -2.02. The molecule has 0 aliphatic rings. The first-order valence-corrected chi connectivity index (χ1v) is 11.2. The minimum absolute atomic E-state index is 0.525. The lowest BCUT2D eigenvalue weighted by atomic mass is 9.86. The van der Waals surface area contributed by atoms with Crippen molar-refractivity contribution in [1.82, 2.24) is 0 Å². The molecule has 0 saturated carbocycles. The summed E-state index contributed by atoms with van der Waals surface area (Å²) < 4.78 is 0. The van der Waals surface area contributed by atoms with E-state index in [9.17, 15) is 0 Å². The fourth-order valence-electron chi connectivity index (χ4n) is 3.18. The van der Waals surface area contributed by atoms with E-state index in [2.05, 4.69) is 62.4 Å². The summed E-state index contributed by atoms with van der Waals surface area (Å²) in [5.74, 6) is 0.525. The third-order valence-corrected chi connectivity index (χ3v) is 5.75. The first-order valence-electron chi connectivity index (χ1n) is 9.13. The van der Waals surface area contributed by atoms with E-state index in [0.717, 1.165) is 7.36 Å². The predicted octanol–water partition coefficient (Wildman–Crippen LogP) is 7.18. The summed E-state index contributed by atoms with van der Waals surface area (Å²) in [5.41, 5.74) is 5.58. The molecule has 0 spiro atoms. The van der Waals surface area contributed by atoms with Crippen molar-refractivity contribution in [3.8, 4) is 0 Å². The third-order valence-electron chi connectivity index (χ3n) is 4.70. The fraction of sp³-hybridized carbons (Fsp3) is 0.455. The molecular weight excluding hydrogens is 327 g/mol. The summed E-state index contributed by atoms with van der Waals surface area (Å²) in [7, 11) is 1.13. The van der Waals surface area contributed by atoms with Crippen LogP contribution in [-0.4, -0.2) is 6.16 Å². The first-order chi connectivity index (χ1) is 11.7. The van der Waals surface area contributed by atoms with Gasteiger partial charge in [0.2, 0.25) is 0 Å². The van der Waals surface area contributed by atoms with Crippen LogP contribution in [0.4, 0.5) is 0 Å². The maximum absolute atomic E-state index is 4.99. The molecule has 2 rings (SSSR count). The summed E-state index contributed by atoms with van der Waals surface area (Å²) >= 11 is 4.99. The highest BCUT2D eigenvalue weighted by Gasteiger charge is 2.13. The molecule has 0 aliphatic heterocycles. The highest BCUT2D eigenvalue weighted by atomic mass is 32.4. The minimum Gasteiger partial charge on any atom is -0.0590 e. The molecule has 0 heterocycles. The third kappa shape index (κ3) is 6.46. The molecule has 0 aliphatic carbocycles. The van der Waals surface area contributed by atoms with Gasteiger partial charge >= 0.3 is 0 Å². The Labute approximate surface area is 154 Å².